The van der Waals surface area contributed by atoms with E-state index in [2.05, 4.69) is 4.90 Å². The van der Waals surface area contributed by atoms with Crippen molar-refractivity contribution in [2.45, 2.75) is 38.3 Å². The summed E-state index contributed by atoms with van der Waals surface area (Å²) in [4.78, 5) is 13.5. The van der Waals surface area contributed by atoms with Crippen LogP contribution in [0.25, 0.3) is 0 Å². The SMILES string of the molecule is C[C@H](O)c1ccc(N2CCCCC2C(N)=O)cc1. The Balaban J connectivity index is 2.20. The number of primary amides is 1. The van der Waals surface area contributed by atoms with E-state index in [0.717, 1.165) is 37.1 Å². The van der Waals surface area contributed by atoms with E-state index < -0.39 is 6.10 Å². The molecule has 1 aliphatic heterocycles. The summed E-state index contributed by atoms with van der Waals surface area (Å²) < 4.78 is 0. The van der Waals surface area contributed by atoms with Crippen LogP contribution in [0, 0.1) is 0 Å². The molecular weight excluding hydrogens is 228 g/mol. The van der Waals surface area contributed by atoms with Crippen molar-refractivity contribution < 1.29 is 9.90 Å². The fourth-order valence-electron chi connectivity index (χ4n) is 2.48. The van der Waals surface area contributed by atoms with Crippen LogP contribution in [0.1, 0.15) is 37.9 Å². The van der Waals surface area contributed by atoms with Crippen molar-refractivity contribution in [1.29, 1.82) is 0 Å². The van der Waals surface area contributed by atoms with Gasteiger partial charge in [-0.05, 0) is 43.9 Å². The number of anilines is 1. The number of nitrogens with zero attached hydrogens (tertiary/aromatic N) is 1. The maximum Gasteiger partial charge on any atom is 0.240 e. The lowest BCUT2D eigenvalue weighted by Crippen LogP contribution is -2.47. The summed E-state index contributed by atoms with van der Waals surface area (Å²) in [6.07, 6.45) is 2.50. The lowest BCUT2D eigenvalue weighted by molar-refractivity contribution is -0.119. The molecule has 4 heteroatoms. The summed E-state index contributed by atoms with van der Waals surface area (Å²) in [5, 5.41) is 9.48. The van der Waals surface area contributed by atoms with E-state index in [4.69, 9.17) is 5.73 Å². The van der Waals surface area contributed by atoms with Crippen LogP contribution in [0.4, 0.5) is 5.69 Å². The highest BCUT2D eigenvalue weighted by atomic mass is 16.3. The molecule has 0 bridgehead atoms. The number of rotatable bonds is 3. The number of carbonyl (C=O) groups excluding carboxylic acids is 1. The number of benzene rings is 1. The van der Waals surface area contributed by atoms with Gasteiger partial charge in [-0.2, -0.15) is 0 Å². The van der Waals surface area contributed by atoms with Crippen LogP contribution in [0.15, 0.2) is 24.3 Å². The highest BCUT2D eigenvalue weighted by Gasteiger charge is 2.26. The molecule has 0 radical (unpaired) electrons. The van der Waals surface area contributed by atoms with Gasteiger partial charge in [0.1, 0.15) is 6.04 Å². The Morgan fingerprint density at radius 3 is 2.61 bits per heavy atom. The molecule has 18 heavy (non-hydrogen) atoms. The molecule has 0 spiro atoms. The fraction of sp³-hybridized carbons (Fsp3) is 0.500. The Labute approximate surface area is 107 Å². The van der Waals surface area contributed by atoms with E-state index >= 15 is 0 Å². The Morgan fingerprint density at radius 2 is 2.06 bits per heavy atom. The normalized spacial score (nSPS) is 21.7. The first-order valence-corrected chi connectivity index (χ1v) is 6.43. The van der Waals surface area contributed by atoms with Crippen molar-refractivity contribution in [2.24, 2.45) is 5.73 Å². The third-order valence-corrected chi connectivity index (χ3v) is 3.54. The van der Waals surface area contributed by atoms with Crippen LogP contribution in [0.3, 0.4) is 0 Å². The minimum Gasteiger partial charge on any atom is -0.389 e. The predicted molar refractivity (Wildman–Crippen MR) is 71.3 cm³/mol. The first-order valence-electron chi connectivity index (χ1n) is 6.43. The van der Waals surface area contributed by atoms with Gasteiger partial charge in [-0.1, -0.05) is 12.1 Å². The number of hydrogen-bond donors (Lipinski definition) is 2. The van der Waals surface area contributed by atoms with E-state index in [9.17, 15) is 9.90 Å². The Kier molecular flexibility index (Phi) is 3.87. The quantitative estimate of drug-likeness (QED) is 0.853. The second-order valence-electron chi connectivity index (χ2n) is 4.87. The van der Waals surface area contributed by atoms with Gasteiger partial charge in [0.15, 0.2) is 0 Å². The van der Waals surface area contributed by atoms with Gasteiger partial charge in [0.2, 0.25) is 5.91 Å². The van der Waals surface area contributed by atoms with E-state index in [1.807, 2.05) is 24.3 Å². The maximum absolute atomic E-state index is 11.5. The summed E-state index contributed by atoms with van der Waals surface area (Å²) >= 11 is 0. The summed E-state index contributed by atoms with van der Waals surface area (Å²) in [5.41, 5.74) is 7.34. The van der Waals surface area contributed by atoms with E-state index in [1.54, 1.807) is 6.92 Å². The van der Waals surface area contributed by atoms with Gasteiger partial charge < -0.3 is 15.7 Å². The molecular formula is C14H20N2O2. The predicted octanol–water partition coefficient (Wildman–Crippen LogP) is 1.58. The van der Waals surface area contributed by atoms with Crippen molar-refractivity contribution in [1.82, 2.24) is 0 Å². The zero-order valence-electron chi connectivity index (χ0n) is 10.7. The number of aliphatic hydroxyl groups excluding tert-OH is 1. The molecule has 98 valence electrons. The molecule has 1 heterocycles. The summed E-state index contributed by atoms with van der Waals surface area (Å²) in [5.74, 6) is -0.255. The van der Waals surface area contributed by atoms with Crippen LogP contribution in [-0.4, -0.2) is 23.6 Å². The molecule has 0 saturated carbocycles. The molecule has 0 aromatic heterocycles. The van der Waals surface area contributed by atoms with Crippen LogP contribution >= 0.6 is 0 Å². The van der Waals surface area contributed by atoms with Gasteiger partial charge >= 0.3 is 0 Å². The third-order valence-electron chi connectivity index (χ3n) is 3.54. The average Bonchev–Trinajstić information content (AvgIpc) is 2.39. The zero-order chi connectivity index (χ0) is 13.1. The monoisotopic (exact) mass is 248 g/mol. The third kappa shape index (κ3) is 2.64. The average molecular weight is 248 g/mol. The summed E-state index contributed by atoms with van der Waals surface area (Å²) in [6.45, 7) is 2.60. The molecule has 1 unspecified atom stereocenters. The van der Waals surface area contributed by atoms with Crippen LogP contribution in [0.2, 0.25) is 0 Å². The van der Waals surface area contributed by atoms with Crippen molar-refractivity contribution >= 4 is 11.6 Å². The number of carbonyl (C=O) groups is 1. The second-order valence-corrected chi connectivity index (χ2v) is 4.87. The minimum atomic E-state index is -0.465. The number of hydrogen-bond acceptors (Lipinski definition) is 3. The molecule has 4 nitrogen and oxygen atoms in total. The molecule has 2 atom stereocenters. The molecule has 2 rings (SSSR count). The van der Waals surface area contributed by atoms with E-state index in [-0.39, 0.29) is 11.9 Å². The standard InChI is InChI=1S/C14H20N2O2/c1-10(17)11-5-7-12(8-6-11)16-9-3-2-4-13(16)14(15)18/h5-8,10,13,17H,2-4,9H2,1H3,(H2,15,18)/t10-,13?/m0/s1. The number of nitrogens with two attached hydrogens (primary N) is 1. The highest BCUT2D eigenvalue weighted by Crippen LogP contribution is 2.26. The van der Waals surface area contributed by atoms with Gasteiger partial charge in [-0.3, -0.25) is 4.79 Å². The first kappa shape index (κ1) is 12.9. The Morgan fingerprint density at radius 1 is 1.39 bits per heavy atom. The van der Waals surface area contributed by atoms with E-state index in [1.165, 1.54) is 0 Å². The molecule has 1 aromatic rings. The van der Waals surface area contributed by atoms with Crippen LogP contribution in [-0.2, 0) is 4.79 Å². The van der Waals surface area contributed by atoms with Gasteiger partial charge in [0.25, 0.3) is 0 Å². The topological polar surface area (TPSA) is 66.6 Å². The van der Waals surface area contributed by atoms with Gasteiger partial charge in [0, 0.05) is 12.2 Å². The number of piperidine rings is 1. The second kappa shape index (κ2) is 5.40. The van der Waals surface area contributed by atoms with Gasteiger partial charge in [0.05, 0.1) is 6.10 Å². The molecule has 3 N–H and O–H groups in total. The first-order chi connectivity index (χ1) is 8.59. The minimum absolute atomic E-state index is 0.198. The molecule has 1 aromatic carbocycles. The van der Waals surface area contributed by atoms with Crippen molar-refractivity contribution in [3.63, 3.8) is 0 Å². The van der Waals surface area contributed by atoms with Crippen molar-refractivity contribution in [3.8, 4) is 0 Å². The van der Waals surface area contributed by atoms with Crippen LogP contribution in [0.5, 0.6) is 0 Å². The fourth-order valence-corrected chi connectivity index (χ4v) is 2.48. The Hall–Kier alpha value is -1.55. The molecule has 0 aliphatic carbocycles. The van der Waals surface area contributed by atoms with Crippen LogP contribution < -0.4 is 10.6 Å². The zero-order valence-corrected chi connectivity index (χ0v) is 10.7. The van der Waals surface area contributed by atoms with Crippen molar-refractivity contribution in [3.05, 3.63) is 29.8 Å². The summed E-state index contributed by atoms with van der Waals surface area (Å²) in [6, 6.07) is 7.49. The number of aliphatic hydroxyl groups is 1. The molecule has 1 saturated heterocycles. The molecule has 1 fully saturated rings. The number of amides is 1. The van der Waals surface area contributed by atoms with E-state index in [0.29, 0.717) is 0 Å². The molecule has 1 amide bonds. The lowest BCUT2D eigenvalue weighted by Gasteiger charge is -2.35. The molecule has 1 aliphatic rings. The highest BCUT2D eigenvalue weighted by molar-refractivity contribution is 5.83. The lowest BCUT2D eigenvalue weighted by atomic mass is 10.00. The largest absolute Gasteiger partial charge is 0.389 e. The van der Waals surface area contributed by atoms with Gasteiger partial charge in [-0.25, -0.2) is 0 Å². The smallest absolute Gasteiger partial charge is 0.240 e. The Bertz CT molecular complexity index is 414. The van der Waals surface area contributed by atoms with Crippen molar-refractivity contribution in [2.75, 3.05) is 11.4 Å². The van der Waals surface area contributed by atoms with Gasteiger partial charge in [-0.15, -0.1) is 0 Å². The summed E-state index contributed by atoms with van der Waals surface area (Å²) in [7, 11) is 0. The maximum atomic E-state index is 11.5.